The number of rotatable bonds is 5. The average Bonchev–Trinajstić information content (AvgIpc) is 3.23. The van der Waals surface area contributed by atoms with Crippen molar-refractivity contribution in [3.63, 3.8) is 0 Å². The Bertz CT molecular complexity index is 1140. The van der Waals surface area contributed by atoms with Crippen LogP contribution in [-0.4, -0.2) is 53.7 Å². The number of amides is 2. The topological polar surface area (TPSA) is 70.6 Å². The molecule has 0 unspecified atom stereocenters. The van der Waals surface area contributed by atoms with Crippen LogP contribution in [0.1, 0.15) is 43.0 Å². The zero-order chi connectivity index (χ0) is 22.8. The van der Waals surface area contributed by atoms with E-state index in [0.29, 0.717) is 19.7 Å². The zero-order valence-corrected chi connectivity index (χ0v) is 20.2. The molecule has 0 spiro atoms. The van der Waals surface area contributed by atoms with Crippen LogP contribution < -0.4 is 15.0 Å². The van der Waals surface area contributed by atoms with Crippen molar-refractivity contribution in [2.45, 2.75) is 46.0 Å². The Hall–Kier alpha value is -2.87. The average molecular weight is 466 g/mol. The highest BCUT2D eigenvalue weighted by Crippen LogP contribution is 2.40. The number of aryl methyl sites for hydroxylation is 3. The lowest BCUT2D eigenvalue weighted by atomic mass is 9.97. The minimum atomic E-state index is -0.0613. The number of carbonyl (C=O) groups excluding carboxylic acids is 1. The Labute approximate surface area is 198 Å². The smallest absolute Gasteiger partial charge is 0.321 e. The molecule has 3 heterocycles. The second-order valence-electron chi connectivity index (χ2n) is 8.57. The molecule has 2 aliphatic rings. The lowest BCUT2D eigenvalue weighted by Crippen LogP contribution is -2.50. The summed E-state index contributed by atoms with van der Waals surface area (Å²) in [6, 6.07) is 7.45. The molecule has 1 aromatic carbocycles. The summed E-state index contributed by atoms with van der Waals surface area (Å²) >= 11 is 1.86. The number of hydrogen-bond donors (Lipinski definition) is 1. The number of ether oxygens (including phenoxy) is 1. The Balaban J connectivity index is 1.30. The number of fused-ring (bicyclic) bond motifs is 3. The number of thiophene rings is 1. The predicted octanol–water partition coefficient (Wildman–Crippen LogP) is 4.89. The maximum absolute atomic E-state index is 12.8. The van der Waals surface area contributed by atoms with Crippen LogP contribution in [0.15, 0.2) is 24.3 Å². The fourth-order valence-corrected chi connectivity index (χ4v) is 5.97. The first-order valence-electron chi connectivity index (χ1n) is 12.0. The lowest BCUT2D eigenvalue weighted by Gasteiger charge is -2.36. The van der Waals surface area contributed by atoms with Gasteiger partial charge in [0.15, 0.2) is 0 Å². The van der Waals surface area contributed by atoms with Crippen LogP contribution >= 0.6 is 11.3 Å². The molecule has 3 aromatic rings. The van der Waals surface area contributed by atoms with E-state index in [1.54, 1.807) is 0 Å². The fourth-order valence-electron chi connectivity index (χ4n) is 4.69. The third-order valence-corrected chi connectivity index (χ3v) is 7.63. The number of nitrogens with one attached hydrogen (secondary N) is 1. The van der Waals surface area contributed by atoms with Crippen LogP contribution in [-0.2, 0) is 19.3 Å². The molecule has 174 valence electrons. The van der Waals surface area contributed by atoms with Crippen LogP contribution in [0.25, 0.3) is 10.2 Å². The summed E-state index contributed by atoms with van der Waals surface area (Å²) in [5.74, 6) is 2.79. The maximum Gasteiger partial charge on any atom is 0.321 e. The summed E-state index contributed by atoms with van der Waals surface area (Å²) in [7, 11) is 0. The van der Waals surface area contributed by atoms with Gasteiger partial charge in [-0.2, -0.15) is 0 Å². The van der Waals surface area contributed by atoms with E-state index in [9.17, 15) is 4.79 Å². The Morgan fingerprint density at radius 3 is 2.55 bits per heavy atom. The van der Waals surface area contributed by atoms with Gasteiger partial charge in [-0.1, -0.05) is 6.92 Å². The van der Waals surface area contributed by atoms with Gasteiger partial charge in [0.2, 0.25) is 0 Å². The molecule has 0 radical (unpaired) electrons. The van der Waals surface area contributed by atoms with Gasteiger partial charge in [0, 0.05) is 43.2 Å². The molecule has 0 bridgehead atoms. The molecule has 5 rings (SSSR count). The van der Waals surface area contributed by atoms with E-state index in [-0.39, 0.29) is 6.03 Å². The highest BCUT2D eigenvalue weighted by Gasteiger charge is 2.27. The van der Waals surface area contributed by atoms with Gasteiger partial charge in [-0.05, 0) is 62.4 Å². The third kappa shape index (κ3) is 4.49. The second-order valence-corrected chi connectivity index (χ2v) is 9.65. The molecular weight excluding hydrogens is 434 g/mol. The number of aromatic nitrogens is 2. The largest absolute Gasteiger partial charge is 0.494 e. The molecule has 1 N–H and O–H groups in total. The van der Waals surface area contributed by atoms with Gasteiger partial charge in [0.05, 0.1) is 12.0 Å². The van der Waals surface area contributed by atoms with Crippen molar-refractivity contribution in [3.8, 4) is 5.75 Å². The number of hydrogen-bond acceptors (Lipinski definition) is 6. The summed E-state index contributed by atoms with van der Waals surface area (Å²) in [5, 5.41) is 4.27. The molecule has 1 aliphatic carbocycles. The van der Waals surface area contributed by atoms with Crippen molar-refractivity contribution in [2.24, 2.45) is 0 Å². The Morgan fingerprint density at radius 1 is 1.06 bits per heavy atom. The Kier molecular flexibility index (Phi) is 6.35. The van der Waals surface area contributed by atoms with Crippen LogP contribution in [0.2, 0.25) is 0 Å². The van der Waals surface area contributed by atoms with Crippen LogP contribution in [0.4, 0.5) is 16.3 Å². The number of benzene rings is 1. The highest BCUT2D eigenvalue weighted by molar-refractivity contribution is 7.19. The van der Waals surface area contributed by atoms with Crippen LogP contribution in [0.3, 0.4) is 0 Å². The molecule has 33 heavy (non-hydrogen) atoms. The van der Waals surface area contributed by atoms with Crippen molar-refractivity contribution in [1.29, 1.82) is 0 Å². The highest BCUT2D eigenvalue weighted by atomic mass is 32.1. The van der Waals surface area contributed by atoms with Crippen LogP contribution in [0.5, 0.6) is 5.75 Å². The number of piperazine rings is 1. The van der Waals surface area contributed by atoms with Crippen molar-refractivity contribution in [2.75, 3.05) is 43.0 Å². The molecule has 2 aromatic heterocycles. The monoisotopic (exact) mass is 465 g/mol. The SMILES string of the molecule is CCOc1ccc(NC(=O)N2CCN(c3nc(CC)nc4sc5c(c34)CCCC5)CC2)cc1. The Morgan fingerprint density at radius 2 is 1.82 bits per heavy atom. The van der Waals surface area contributed by atoms with Crippen molar-refractivity contribution in [3.05, 3.63) is 40.5 Å². The number of carbonyl (C=O) groups is 1. The summed E-state index contributed by atoms with van der Waals surface area (Å²) in [5.41, 5.74) is 2.25. The standard InChI is InChI=1S/C25H31N5O2S/c1-3-21-27-23(22-19-7-5-6-8-20(19)33-24(22)28-21)29-13-15-30(16-14-29)25(31)26-17-9-11-18(12-10-17)32-4-2/h9-12H,3-8,13-16H2,1-2H3,(H,26,31). The first-order chi connectivity index (χ1) is 16.2. The molecule has 1 saturated heterocycles. The number of urea groups is 1. The van der Waals surface area contributed by atoms with Gasteiger partial charge < -0.3 is 19.9 Å². The van der Waals surface area contributed by atoms with E-state index in [1.165, 1.54) is 28.7 Å². The quantitative estimate of drug-likeness (QED) is 0.581. The molecule has 1 aliphatic heterocycles. The zero-order valence-electron chi connectivity index (χ0n) is 19.4. The van der Waals surface area contributed by atoms with E-state index in [2.05, 4.69) is 17.1 Å². The summed E-state index contributed by atoms with van der Waals surface area (Å²) in [6.07, 6.45) is 5.63. The molecule has 7 nitrogen and oxygen atoms in total. The second kappa shape index (κ2) is 9.55. The predicted molar refractivity (Wildman–Crippen MR) is 134 cm³/mol. The molecule has 8 heteroatoms. The maximum atomic E-state index is 12.8. The van der Waals surface area contributed by atoms with Crippen molar-refractivity contribution in [1.82, 2.24) is 14.9 Å². The minimum Gasteiger partial charge on any atom is -0.494 e. The molecule has 1 fully saturated rings. The van der Waals surface area contributed by atoms with Crippen molar-refractivity contribution >= 4 is 39.1 Å². The molecule has 2 amide bonds. The van der Waals surface area contributed by atoms with Gasteiger partial charge >= 0.3 is 6.03 Å². The van der Waals surface area contributed by atoms with E-state index < -0.39 is 0 Å². The van der Waals surface area contributed by atoms with Gasteiger partial charge in [0.25, 0.3) is 0 Å². The van der Waals surface area contributed by atoms with Gasteiger partial charge in [-0.15, -0.1) is 11.3 Å². The molecule has 0 saturated carbocycles. The first-order valence-corrected chi connectivity index (χ1v) is 12.8. The van der Waals surface area contributed by atoms with E-state index >= 15 is 0 Å². The van der Waals surface area contributed by atoms with E-state index in [0.717, 1.165) is 60.3 Å². The van der Waals surface area contributed by atoms with Crippen molar-refractivity contribution < 1.29 is 9.53 Å². The molecule has 0 atom stereocenters. The number of nitrogens with zero attached hydrogens (tertiary/aromatic N) is 4. The summed E-state index contributed by atoms with van der Waals surface area (Å²) in [6.45, 7) is 7.58. The van der Waals surface area contributed by atoms with Gasteiger partial charge in [0.1, 0.15) is 22.2 Å². The summed E-state index contributed by atoms with van der Waals surface area (Å²) in [4.78, 5) is 29.5. The van der Waals surface area contributed by atoms with E-state index in [1.807, 2.05) is 47.4 Å². The lowest BCUT2D eigenvalue weighted by molar-refractivity contribution is 0.208. The fraction of sp³-hybridized carbons (Fsp3) is 0.480. The minimum absolute atomic E-state index is 0.0613. The van der Waals surface area contributed by atoms with E-state index in [4.69, 9.17) is 14.7 Å². The van der Waals surface area contributed by atoms with Crippen LogP contribution in [0, 0.1) is 0 Å². The normalized spacial score (nSPS) is 16.1. The number of anilines is 2. The van der Waals surface area contributed by atoms with Gasteiger partial charge in [-0.3, -0.25) is 0 Å². The van der Waals surface area contributed by atoms with Gasteiger partial charge in [-0.25, -0.2) is 14.8 Å². The molecular formula is C25H31N5O2S. The first kappa shape index (κ1) is 21.9. The third-order valence-electron chi connectivity index (χ3n) is 6.44. The summed E-state index contributed by atoms with van der Waals surface area (Å²) < 4.78 is 5.47.